The largest absolute Gasteiger partial charge is 0.395 e. The van der Waals surface area contributed by atoms with Gasteiger partial charge in [-0.2, -0.15) is 8.42 Å². The van der Waals surface area contributed by atoms with Crippen molar-refractivity contribution >= 4 is 10.3 Å². The van der Waals surface area contributed by atoms with E-state index in [-0.39, 0.29) is 11.5 Å². The van der Waals surface area contributed by atoms with Gasteiger partial charge in [-0.05, 0) is 85.0 Å². The van der Waals surface area contributed by atoms with E-state index in [2.05, 4.69) is 6.92 Å². The fraction of sp³-hybridized carbons (Fsp3) is 0.667. The molecule has 7 heteroatoms. The molecule has 3 aliphatic rings. The number of hydrogen-bond acceptors (Lipinski definition) is 5. The van der Waals surface area contributed by atoms with Crippen LogP contribution in [0.4, 0.5) is 0 Å². The summed E-state index contributed by atoms with van der Waals surface area (Å²) in [6.45, 7) is 2.27. The minimum atomic E-state index is -3.95. The lowest BCUT2D eigenvalue weighted by atomic mass is 9.55. The molecule has 4 rings (SSSR count). The molecule has 25 heavy (non-hydrogen) atoms. The molecule has 5 unspecified atom stereocenters. The molecule has 0 heterocycles. The summed E-state index contributed by atoms with van der Waals surface area (Å²) >= 11 is 0. The van der Waals surface area contributed by atoms with Gasteiger partial charge >= 0.3 is 10.3 Å². The third kappa shape index (κ3) is 2.77. The number of benzene rings is 1. The van der Waals surface area contributed by atoms with Crippen LogP contribution in [-0.4, -0.2) is 19.6 Å². The van der Waals surface area contributed by atoms with Crippen LogP contribution in [0.2, 0.25) is 0 Å². The highest BCUT2D eigenvalue weighted by Crippen LogP contribution is 2.60. The van der Waals surface area contributed by atoms with Crippen LogP contribution < -0.4 is 14.9 Å². The van der Waals surface area contributed by atoms with Gasteiger partial charge in [-0.1, -0.05) is 13.0 Å². The summed E-state index contributed by atoms with van der Waals surface area (Å²) in [5, 5.41) is 10.4. The fourth-order valence-electron chi connectivity index (χ4n) is 5.73. The van der Waals surface area contributed by atoms with E-state index in [1.54, 1.807) is 10.9 Å². The van der Waals surface area contributed by atoms with Gasteiger partial charge in [0.25, 0.3) is 0 Å². The van der Waals surface area contributed by atoms with Crippen LogP contribution in [-0.2, 0) is 16.7 Å². The number of aryl methyl sites for hydroxylation is 1. The second-order valence-electron chi connectivity index (χ2n) is 8.07. The first kappa shape index (κ1) is 17.3. The maximum atomic E-state index is 11.5. The minimum absolute atomic E-state index is 0.0720. The summed E-state index contributed by atoms with van der Waals surface area (Å²) in [6, 6.07) is 5.56. The zero-order valence-corrected chi connectivity index (χ0v) is 15.3. The first-order valence-electron chi connectivity index (χ1n) is 9.07. The van der Waals surface area contributed by atoms with E-state index in [1.807, 2.05) is 12.1 Å². The Morgan fingerprint density at radius 3 is 2.84 bits per heavy atom. The van der Waals surface area contributed by atoms with Gasteiger partial charge in [0.2, 0.25) is 0 Å². The van der Waals surface area contributed by atoms with E-state index in [0.717, 1.165) is 38.5 Å². The lowest BCUT2D eigenvalue weighted by Gasteiger charge is -2.50. The van der Waals surface area contributed by atoms with Gasteiger partial charge in [-0.25, -0.2) is 0 Å². The number of aliphatic hydroxyl groups is 1. The maximum absolute atomic E-state index is 11.5. The summed E-state index contributed by atoms with van der Waals surface area (Å²) in [6.07, 6.45) is 6.05. The standard InChI is InChI=1S/C18H26N2O4S/c1-18-9-8-14-13-5-3-12(24-25(22,23)20-19)10-11(13)2-4-15(14)16(18)6-7-17(18)21/h3,5,10,14-17,20-21H,2,4,6-9,19H2,1H3. The molecule has 6 nitrogen and oxygen atoms in total. The average Bonchev–Trinajstić information content (AvgIpc) is 2.89. The second kappa shape index (κ2) is 5.94. The number of rotatable bonds is 3. The fourth-order valence-corrected chi connectivity index (χ4v) is 6.14. The lowest BCUT2D eigenvalue weighted by molar-refractivity contribution is -0.0226. The highest BCUT2D eigenvalue weighted by Gasteiger charge is 2.54. The van der Waals surface area contributed by atoms with Gasteiger partial charge in [0, 0.05) is 0 Å². The van der Waals surface area contributed by atoms with Gasteiger partial charge in [0.05, 0.1) is 6.10 Å². The Bertz CT molecular complexity index is 781. The lowest BCUT2D eigenvalue weighted by Crippen LogP contribution is -2.43. The Kier molecular flexibility index (Phi) is 4.11. The van der Waals surface area contributed by atoms with Crippen molar-refractivity contribution in [2.24, 2.45) is 23.1 Å². The molecule has 0 bridgehead atoms. The average molecular weight is 366 g/mol. The Morgan fingerprint density at radius 2 is 2.08 bits per heavy atom. The molecule has 4 N–H and O–H groups in total. The molecule has 1 aromatic rings. The third-order valence-corrected chi connectivity index (χ3v) is 7.70. The van der Waals surface area contributed by atoms with Crippen molar-refractivity contribution in [2.45, 2.75) is 57.5 Å². The molecule has 0 amide bonds. The van der Waals surface area contributed by atoms with Crippen molar-refractivity contribution in [2.75, 3.05) is 0 Å². The molecular formula is C18H26N2O4S. The molecule has 0 spiro atoms. The molecule has 5 atom stereocenters. The van der Waals surface area contributed by atoms with Gasteiger partial charge in [0.1, 0.15) is 5.75 Å². The molecule has 2 saturated carbocycles. The van der Waals surface area contributed by atoms with Crippen molar-refractivity contribution in [3.8, 4) is 5.75 Å². The van der Waals surface area contributed by atoms with Crippen molar-refractivity contribution < 1.29 is 17.7 Å². The Hall–Kier alpha value is -1.15. The SMILES string of the molecule is CC12CCC3c4ccc(OS(=O)(=O)NN)cc4CCC3C1CCC2O. The summed E-state index contributed by atoms with van der Waals surface area (Å²) in [7, 11) is -3.95. The van der Waals surface area contributed by atoms with Crippen molar-refractivity contribution in [1.82, 2.24) is 4.83 Å². The number of fused-ring (bicyclic) bond motifs is 5. The van der Waals surface area contributed by atoms with E-state index in [1.165, 1.54) is 11.1 Å². The van der Waals surface area contributed by atoms with Gasteiger partial charge in [-0.15, -0.1) is 4.83 Å². The van der Waals surface area contributed by atoms with Crippen LogP contribution in [0, 0.1) is 17.3 Å². The molecule has 0 radical (unpaired) electrons. The Balaban J connectivity index is 1.61. The van der Waals surface area contributed by atoms with Crippen LogP contribution in [0.5, 0.6) is 5.75 Å². The zero-order valence-electron chi connectivity index (χ0n) is 14.4. The van der Waals surface area contributed by atoms with E-state index in [4.69, 9.17) is 10.0 Å². The molecule has 2 fully saturated rings. The smallest absolute Gasteiger partial charge is 0.393 e. The van der Waals surface area contributed by atoms with Gasteiger partial charge in [0.15, 0.2) is 0 Å². The van der Waals surface area contributed by atoms with Gasteiger partial charge < -0.3 is 9.29 Å². The number of nitrogens with two attached hydrogens (primary N) is 1. The Morgan fingerprint density at radius 1 is 1.28 bits per heavy atom. The summed E-state index contributed by atoms with van der Waals surface area (Å²) < 4.78 is 27.9. The molecule has 0 aromatic heterocycles. The normalized spacial score (nSPS) is 37.1. The second-order valence-corrected chi connectivity index (χ2v) is 9.38. The highest BCUT2D eigenvalue weighted by molar-refractivity contribution is 7.85. The molecule has 138 valence electrons. The van der Waals surface area contributed by atoms with Crippen LogP contribution in [0.1, 0.15) is 56.1 Å². The highest BCUT2D eigenvalue weighted by atomic mass is 32.2. The summed E-state index contributed by atoms with van der Waals surface area (Å²) in [5.74, 6) is 6.98. The quantitative estimate of drug-likeness (QED) is 0.561. The maximum Gasteiger partial charge on any atom is 0.395 e. The summed E-state index contributed by atoms with van der Waals surface area (Å²) in [5.41, 5.74) is 2.57. The third-order valence-electron chi connectivity index (χ3n) is 7.00. The van der Waals surface area contributed by atoms with Gasteiger partial charge in [-0.3, -0.25) is 5.84 Å². The molecule has 3 aliphatic carbocycles. The van der Waals surface area contributed by atoms with Crippen LogP contribution in [0.15, 0.2) is 18.2 Å². The molecule has 0 saturated heterocycles. The number of hydrazine groups is 1. The van der Waals surface area contributed by atoms with E-state index in [0.29, 0.717) is 23.5 Å². The Labute approximate surface area is 149 Å². The van der Waals surface area contributed by atoms with Crippen LogP contribution in [0.3, 0.4) is 0 Å². The number of aliphatic hydroxyl groups excluding tert-OH is 1. The molecule has 1 aromatic carbocycles. The van der Waals surface area contributed by atoms with Crippen molar-refractivity contribution in [1.29, 1.82) is 0 Å². The first-order valence-corrected chi connectivity index (χ1v) is 10.5. The first-order chi connectivity index (χ1) is 11.8. The van der Waals surface area contributed by atoms with E-state index < -0.39 is 10.3 Å². The minimum Gasteiger partial charge on any atom is -0.393 e. The van der Waals surface area contributed by atoms with Crippen molar-refractivity contribution in [3.63, 3.8) is 0 Å². The topological polar surface area (TPSA) is 102 Å². The summed E-state index contributed by atoms with van der Waals surface area (Å²) in [4.78, 5) is 1.67. The number of nitrogens with one attached hydrogen (secondary N) is 1. The van der Waals surface area contributed by atoms with Crippen LogP contribution in [0.25, 0.3) is 0 Å². The predicted octanol–water partition coefficient (Wildman–Crippen LogP) is 1.99. The number of hydrogen-bond donors (Lipinski definition) is 3. The van der Waals surface area contributed by atoms with E-state index in [9.17, 15) is 13.5 Å². The zero-order chi connectivity index (χ0) is 17.8. The predicted molar refractivity (Wildman–Crippen MR) is 93.9 cm³/mol. The molecule has 0 aliphatic heterocycles. The van der Waals surface area contributed by atoms with Crippen molar-refractivity contribution in [3.05, 3.63) is 29.3 Å². The van der Waals surface area contributed by atoms with E-state index >= 15 is 0 Å². The molecular weight excluding hydrogens is 340 g/mol. The monoisotopic (exact) mass is 366 g/mol. The van der Waals surface area contributed by atoms with Crippen LogP contribution >= 0.6 is 0 Å².